The lowest BCUT2D eigenvalue weighted by Gasteiger charge is -2.07. The standard InChI is InChI=1S/C15H12ClFO2/c1-9-3-5-11(16)8-12(9)15(18)10-4-6-14(19-2)13(17)7-10/h3-8H,1-2H3. The normalized spacial score (nSPS) is 10.3. The van der Waals surface area contributed by atoms with E-state index in [9.17, 15) is 9.18 Å². The van der Waals surface area contributed by atoms with Gasteiger partial charge in [-0.1, -0.05) is 17.7 Å². The summed E-state index contributed by atoms with van der Waals surface area (Å²) < 4.78 is 18.4. The van der Waals surface area contributed by atoms with E-state index in [0.29, 0.717) is 10.6 Å². The van der Waals surface area contributed by atoms with Crippen LogP contribution in [0, 0.1) is 12.7 Å². The van der Waals surface area contributed by atoms with Crippen LogP contribution in [0.4, 0.5) is 4.39 Å². The number of ketones is 1. The Labute approximate surface area is 115 Å². The maximum absolute atomic E-state index is 13.6. The molecule has 0 amide bonds. The van der Waals surface area contributed by atoms with Gasteiger partial charge in [0.1, 0.15) is 0 Å². The van der Waals surface area contributed by atoms with Crippen molar-refractivity contribution in [2.75, 3.05) is 7.11 Å². The SMILES string of the molecule is COc1ccc(C(=O)c2cc(Cl)ccc2C)cc1F. The molecule has 2 rings (SSSR count). The summed E-state index contributed by atoms with van der Waals surface area (Å²) in [6.45, 7) is 1.81. The largest absolute Gasteiger partial charge is 0.494 e. The molecule has 0 saturated heterocycles. The lowest BCUT2D eigenvalue weighted by Crippen LogP contribution is -2.04. The second-order valence-corrected chi connectivity index (χ2v) is 4.57. The molecule has 98 valence electrons. The van der Waals surface area contributed by atoms with Gasteiger partial charge in [-0.3, -0.25) is 4.79 Å². The van der Waals surface area contributed by atoms with Crippen LogP contribution >= 0.6 is 11.6 Å². The monoisotopic (exact) mass is 278 g/mol. The molecule has 2 aromatic carbocycles. The smallest absolute Gasteiger partial charge is 0.193 e. The first kappa shape index (κ1) is 13.6. The van der Waals surface area contributed by atoms with Gasteiger partial charge in [-0.2, -0.15) is 0 Å². The van der Waals surface area contributed by atoms with Crippen molar-refractivity contribution in [1.82, 2.24) is 0 Å². The van der Waals surface area contributed by atoms with Crippen LogP contribution in [0.25, 0.3) is 0 Å². The molecule has 0 fully saturated rings. The fraction of sp³-hybridized carbons (Fsp3) is 0.133. The van der Waals surface area contributed by atoms with Crippen molar-refractivity contribution >= 4 is 17.4 Å². The molecule has 0 aromatic heterocycles. The molecule has 0 heterocycles. The van der Waals surface area contributed by atoms with Crippen molar-refractivity contribution in [3.8, 4) is 5.75 Å². The Hall–Kier alpha value is -1.87. The van der Waals surface area contributed by atoms with Crippen molar-refractivity contribution in [1.29, 1.82) is 0 Å². The van der Waals surface area contributed by atoms with E-state index in [0.717, 1.165) is 5.56 Å². The second kappa shape index (κ2) is 5.41. The minimum absolute atomic E-state index is 0.111. The van der Waals surface area contributed by atoms with Crippen LogP contribution in [0.2, 0.25) is 5.02 Å². The van der Waals surface area contributed by atoms with Crippen molar-refractivity contribution in [2.24, 2.45) is 0 Å². The molecule has 0 spiro atoms. The molecule has 0 aliphatic heterocycles. The van der Waals surface area contributed by atoms with Gasteiger partial charge < -0.3 is 4.74 Å². The van der Waals surface area contributed by atoms with Crippen LogP contribution in [-0.4, -0.2) is 12.9 Å². The third kappa shape index (κ3) is 2.76. The zero-order chi connectivity index (χ0) is 14.0. The predicted octanol–water partition coefficient (Wildman–Crippen LogP) is 4.03. The molecule has 0 atom stereocenters. The Kier molecular flexibility index (Phi) is 3.86. The second-order valence-electron chi connectivity index (χ2n) is 4.14. The number of hydrogen-bond acceptors (Lipinski definition) is 2. The van der Waals surface area contributed by atoms with E-state index >= 15 is 0 Å². The minimum atomic E-state index is -0.562. The average molecular weight is 279 g/mol. The van der Waals surface area contributed by atoms with Crippen LogP contribution < -0.4 is 4.74 Å². The Morgan fingerprint density at radius 3 is 2.58 bits per heavy atom. The van der Waals surface area contributed by atoms with Crippen LogP contribution in [-0.2, 0) is 0 Å². The van der Waals surface area contributed by atoms with Crippen molar-refractivity contribution < 1.29 is 13.9 Å². The lowest BCUT2D eigenvalue weighted by molar-refractivity contribution is 0.103. The summed E-state index contributed by atoms with van der Waals surface area (Å²) in [5.74, 6) is -0.714. The molecular weight excluding hydrogens is 267 g/mol. The van der Waals surface area contributed by atoms with Gasteiger partial charge in [0.2, 0.25) is 0 Å². The Morgan fingerprint density at radius 1 is 1.21 bits per heavy atom. The molecule has 19 heavy (non-hydrogen) atoms. The Morgan fingerprint density at radius 2 is 1.95 bits per heavy atom. The van der Waals surface area contributed by atoms with Gasteiger partial charge >= 0.3 is 0 Å². The van der Waals surface area contributed by atoms with Gasteiger partial charge in [0.15, 0.2) is 17.3 Å². The lowest BCUT2D eigenvalue weighted by atomic mass is 9.99. The highest BCUT2D eigenvalue weighted by atomic mass is 35.5. The molecule has 0 radical (unpaired) electrons. The van der Waals surface area contributed by atoms with Gasteiger partial charge in [0, 0.05) is 16.1 Å². The predicted molar refractivity (Wildman–Crippen MR) is 72.6 cm³/mol. The number of ether oxygens (including phenoxy) is 1. The molecule has 0 aliphatic rings. The molecular formula is C15H12ClFO2. The highest BCUT2D eigenvalue weighted by Gasteiger charge is 2.14. The number of halogens is 2. The van der Waals surface area contributed by atoms with E-state index in [1.165, 1.54) is 25.3 Å². The molecule has 2 nitrogen and oxygen atoms in total. The number of methoxy groups -OCH3 is 1. The van der Waals surface area contributed by atoms with Gasteiger partial charge in [-0.15, -0.1) is 0 Å². The third-order valence-corrected chi connectivity index (χ3v) is 3.09. The van der Waals surface area contributed by atoms with Gasteiger partial charge in [0.25, 0.3) is 0 Å². The first-order valence-electron chi connectivity index (χ1n) is 5.67. The van der Waals surface area contributed by atoms with Gasteiger partial charge in [0.05, 0.1) is 7.11 Å². The molecule has 2 aromatic rings. The molecule has 0 saturated carbocycles. The number of carbonyl (C=O) groups is 1. The van der Waals surface area contributed by atoms with Crippen LogP contribution in [0.1, 0.15) is 21.5 Å². The first-order valence-corrected chi connectivity index (χ1v) is 6.05. The summed E-state index contributed by atoms with van der Waals surface area (Å²) >= 11 is 5.88. The van der Waals surface area contributed by atoms with E-state index in [4.69, 9.17) is 16.3 Å². The number of hydrogen-bond donors (Lipinski definition) is 0. The number of aryl methyl sites for hydroxylation is 1. The maximum Gasteiger partial charge on any atom is 0.193 e. The van der Waals surface area contributed by atoms with Crippen molar-refractivity contribution in [3.05, 3.63) is 63.9 Å². The van der Waals surface area contributed by atoms with E-state index in [-0.39, 0.29) is 17.1 Å². The summed E-state index contributed by atoms with van der Waals surface area (Å²) in [5, 5.41) is 0.475. The van der Waals surface area contributed by atoms with Crippen molar-refractivity contribution in [3.63, 3.8) is 0 Å². The topological polar surface area (TPSA) is 26.3 Å². The summed E-state index contributed by atoms with van der Waals surface area (Å²) in [7, 11) is 1.38. The average Bonchev–Trinajstić information content (AvgIpc) is 2.40. The summed E-state index contributed by atoms with van der Waals surface area (Å²) in [4.78, 5) is 12.3. The first-order chi connectivity index (χ1) is 9.02. The minimum Gasteiger partial charge on any atom is -0.494 e. The van der Waals surface area contributed by atoms with Crippen molar-refractivity contribution in [2.45, 2.75) is 6.92 Å². The number of benzene rings is 2. The van der Waals surface area contributed by atoms with Gasteiger partial charge in [-0.05, 0) is 42.8 Å². The zero-order valence-corrected chi connectivity index (χ0v) is 11.3. The van der Waals surface area contributed by atoms with Crippen LogP contribution in [0.3, 0.4) is 0 Å². The van der Waals surface area contributed by atoms with E-state index in [1.807, 2.05) is 6.92 Å². The molecule has 0 bridgehead atoms. The maximum atomic E-state index is 13.6. The van der Waals surface area contributed by atoms with Crippen LogP contribution in [0.15, 0.2) is 36.4 Å². The highest BCUT2D eigenvalue weighted by molar-refractivity contribution is 6.31. The van der Waals surface area contributed by atoms with E-state index in [1.54, 1.807) is 18.2 Å². The number of carbonyl (C=O) groups excluding carboxylic acids is 1. The molecule has 0 unspecified atom stereocenters. The third-order valence-electron chi connectivity index (χ3n) is 2.86. The molecule has 0 N–H and O–H groups in total. The zero-order valence-electron chi connectivity index (χ0n) is 10.5. The highest BCUT2D eigenvalue weighted by Crippen LogP contribution is 2.22. The summed E-state index contributed by atoms with van der Waals surface area (Å²) in [6.07, 6.45) is 0. The fourth-order valence-corrected chi connectivity index (χ4v) is 1.97. The fourth-order valence-electron chi connectivity index (χ4n) is 1.80. The summed E-state index contributed by atoms with van der Waals surface area (Å²) in [6, 6.07) is 9.19. The summed E-state index contributed by atoms with van der Waals surface area (Å²) in [5.41, 5.74) is 1.53. The Balaban J connectivity index is 2.44. The van der Waals surface area contributed by atoms with Gasteiger partial charge in [-0.25, -0.2) is 4.39 Å². The van der Waals surface area contributed by atoms with Crippen LogP contribution in [0.5, 0.6) is 5.75 Å². The number of rotatable bonds is 3. The molecule has 4 heteroatoms. The quantitative estimate of drug-likeness (QED) is 0.793. The van der Waals surface area contributed by atoms with E-state index < -0.39 is 5.82 Å². The van der Waals surface area contributed by atoms with E-state index in [2.05, 4.69) is 0 Å². The Bertz CT molecular complexity index is 638. The molecule has 0 aliphatic carbocycles.